The molecule has 3 heterocycles. The molecule has 0 aliphatic rings. The molecule has 0 aliphatic carbocycles. The van der Waals surface area contributed by atoms with Gasteiger partial charge in [0, 0.05) is 29.1 Å². The van der Waals surface area contributed by atoms with Crippen LogP contribution in [0.3, 0.4) is 0 Å². The van der Waals surface area contributed by atoms with E-state index in [1.165, 1.54) is 6.33 Å². The lowest BCUT2D eigenvalue weighted by atomic mass is 10.1. The topological polar surface area (TPSA) is 90.0 Å². The highest BCUT2D eigenvalue weighted by atomic mass is 19.3. The second kappa shape index (κ2) is 8.62. The summed E-state index contributed by atoms with van der Waals surface area (Å²) in [6.45, 7) is 1.09. The number of fused-ring (bicyclic) bond motifs is 2. The van der Waals surface area contributed by atoms with Crippen LogP contribution in [0.5, 0.6) is 0 Å². The molecule has 0 saturated heterocycles. The summed E-state index contributed by atoms with van der Waals surface area (Å²) >= 11 is 0. The maximum atomic E-state index is 13.7. The third-order valence-corrected chi connectivity index (χ3v) is 5.81. The number of amides is 1. The molecule has 0 unspecified atom stereocenters. The lowest BCUT2D eigenvalue weighted by Gasteiger charge is -2.11. The molecule has 1 amide bonds. The van der Waals surface area contributed by atoms with Gasteiger partial charge in [0.1, 0.15) is 12.2 Å². The van der Waals surface area contributed by atoms with Crippen LogP contribution >= 0.6 is 0 Å². The molecule has 172 valence electrons. The third-order valence-electron chi connectivity index (χ3n) is 5.81. The second-order valence-corrected chi connectivity index (χ2v) is 7.93. The van der Waals surface area contributed by atoms with Gasteiger partial charge in [0.05, 0.1) is 11.0 Å². The summed E-state index contributed by atoms with van der Waals surface area (Å²) in [4.78, 5) is 25.5. The molecule has 5 rings (SSSR count). The van der Waals surface area contributed by atoms with E-state index in [0.29, 0.717) is 34.5 Å². The maximum Gasteiger partial charge on any atom is 0.320 e. The van der Waals surface area contributed by atoms with E-state index in [4.69, 9.17) is 0 Å². The zero-order valence-electron chi connectivity index (χ0n) is 18.5. The summed E-state index contributed by atoms with van der Waals surface area (Å²) in [5.74, 6) is 0.546. The number of anilines is 1. The number of rotatable bonds is 6. The Balaban J connectivity index is 1.30. The predicted octanol–water partition coefficient (Wildman–Crippen LogP) is 4.72. The van der Waals surface area contributed by atoms with Gasteiger partial charge in [-0.2, -0.15) is 18.9 Å². The van der Waals surface area contributed by atoms with Gasteiger partial charge >= 0.3 is 6.55 Å². The van der Waals surface area contributed by atoms with E-state index >= 15 is 0 Å². The highest BCUT2D eigenvalue weighted by molar-refractivity contribution is 5.91. The minimum atomic E-state index is -2.72. The van der Waals surface area contributed by atoms with E-state index < -0.39 is 6.55 Å². The van der Waals surface area contributed by atoms with Crippen molar-refractivity contribution in [3.05, 3.63) is 71.8 Å². The first kappa shape index (κ1) is 21.6. The van der Waals surface area contributed by atoms with Crippen LogP contribution in [0.25, 0.3) is 28.2 Å². The molecule has 0 spiro atoms. The number of halogens is 2. The molecular weight excluding hydrogens is 440 g/mol. The Labute approximate surface area is 193 Å². The Morgan fingerprint density at radius 3 is 2.59 bits per heavy atom. The number of nitrogens with zero attached hydrogens (tertiary/aromatic N) is 6. The van der Waals surface area contributed by atoms with Crippen molar-refractivity contribution in [3.63, 3.8) is 0 Å². The summed E-state index contributed by atoms with van der Waals surface area (Å²) < 4.78 is 30.0. The number of aryl methyl sites for hydroxylation is 2. The molecule has 0 aliphatic heterocycles. The molecule has 2 aromatic carbocycles. The average molecular weight is 461 g/mol. The van der Waals surface area contributed by atoms with Gasteiger partial charge in [0.25, 0.3) is 5.78 Å². The van der Waals surface area contributed by atoms with Crippen molar-refractivity contribution in [2.24, 2.45) is 0 Å². The van der Waals surface area contributed by atoms with Crippen molar-refractivity contribution in [1.82, 2.24) is 29.1 Å². The smallest absolute Gasteiger partial charge is 0.320 e. The van der Waals surface area contributed by atoms with Gasteiger partial charge in [0.2, 0.25) is 5.91 Å². The molecule has 34 heavy (non-hydrogen) atoms. The van der Waals surface area contributed by atoms with Gasteiger partial charge in [-0.3, -0.25) is 9.36 Å². The van der Waals surface area contributed by atoms with Gasteiger partial charge in [-0.25, -0.2) is 14.5 Å². The number of imidazole rings is 1. The fourth-order valence-electron chi connectivity index (χ4n) is 4.13. The van der Waals surface area contributed by atoms with Crippen molar-refractivity contribution in [2.45, 2.75) is 33.2 Å². The van der Waals surface area contributed by atoms with Crippen LogP contribution in [0.4, 0.5) is 14.5 Å². The minimum absolute atomic E-state index is 0.162. The highest BCUT2D eigenvalue weighted by Crippen LogP contribution is 2.30. The number of carbonyl (C=O) groups is 1. The number of nitrogens with one attached hydrogen (secondary N) is 1. The molecule has 0 bridgehead atoms. The molecular formula is C24H21F2N7O. The van der Waals surface area contributed by atoms with Crippen molar-refractivity contribution < 1.29 is 13.6 Å². The van der Waals surface area contributed by atoms with E-state index in [2.05, 4.69) is 25.4 Å². The van der Waals surface area contributed by atoms with E-state index in [0.717, 1.165) is 21.5 Å². The van der Waals surface area contributed by atoms with Gasteiger partial charge in [-0.05, 0) is 62.2 Å². The fourth-order valence-corrected chi connectivity index (χ4v) is 4.13. The van der Waals surface area contributed by atoms with E-state index in [9.17, 15) is 13.6 Å². The highest BCUT2D eigenvalue weighted by Gasteiger charge is 2.19. The number of benzene rings is 2. The SMILES string of the molecule is Cc1nc2ncnn2c(C)c1CCC(=O)Nc1ccc(-c2nc3ccccc3n2C(F)F)cc1. The molecule has 0 saturated carbocycles. The molecule has 10 heteroatoms. The number of carbonyl (C=O) groups excluding carboxylic acids is 1. The molecule has 0 atom stereocenters. The minimum Gasteiger partial charge on any atom is -0.326 e. The Hall–Kier alpha value is -4.21. The summed E-state index contributed by atoms with van der Waals surface area (Å²) in [6, 6.07) is 13.5. The van der Waals surface area contributed by atoms with Gasteiger partial charge in [0.15, 0.2) is 0 Å². The largest absolute Gasteiger partial charge is 0.326 e. The first-order valence-electron chi connectivity index (χ1n) is 10.7. The first-order chi connectivity index (χ1) is 16.4. The van der Waals surface area contributed by atoms with Crippen LogP contribution in [0.1, 0.15) is 29.9 Å². The molecule has 0 fully saturated rings. The fraction of sp³-hybridized carbons (Fsp3) is 0.208. The van der Waals surface area contributed by atoms with Crippen molar-refractivity contribution in [3.8, 4) is 11.4 Å². The summed E-state index contributed by atoms with van der Waals surface area (Å²) in [6.07, 6.45) is 2.21. The van der Waals surface area contributed by atoms with Crippen molar-refractivity contribution in [1.29, 1.82) is 0 Å². The summed E-state index contributed by atoms with van der Waals surface area (Å²) in [5, 5.41) is 7.02. The quantitative estimate of drug-likeness (QED) is 0.395. The van der Waals surface area contributed by atoms with Gasteiger partial charge in [-0.15, -0.1) is 0 Å². The van der Waals surface area contributed by atoms with Crippen molar-refractivity contribution in [2.75, 3.05) is 5.32 Å². The first-order valence-corrected chi connectivity index (χ1v) is 10.7. The second-order valence-electron chi connectivity index (χ2n) is 7.93. The average Bonchev–Trinajstić information content (AvgIpc) is 3.44. The van der Waals surface area contributed by atoms with Crippen LogP contribution in [-0.2, 0) is 11.2 Å². The van der Waals surface area contributed by atoms with Crippen LogP contribution in [0.15, 0.2) is 54.9 Å². The van der Waals surface area contributed by atoms with E-state index in [1.54, 1.807) is 53.0 Å². The number of aromatic nitrogens is 6. The van der Waals surface area contributed by atoms with E-state index in [1.807, 2.05) is 13.8 Å². The third kappa shape index (κ3) is 3.87. The normalized spacial score (nSPS) is 11.6. The number of alkyl halides is 2. The summed E-state index contributed by atoms with van der Waals surface area (Å²) in [7, 11) is 0. The number of para-hydroxylation sites is 2. The zero-order chi connectivity index (χ0) is 23.8. The van der Waals surface area contributed by atoms with Crippen LogP contribution in [0.2, 0.25) is 0 Å². The van der Waals surface area contributed by atoms with Gasteiger partial charge in [-0.1, -0.05) is 12.1 Å². The standard InChI is InChI=1S/C24H21F2N7O/c1-14-18(15(2)33-24(29-14)27-13-28-33)11-12-21(34)30-17-9-7-16(8-10-17)22-31-19-5-3-4-6-20(19)32(22)23(25)26/h3-10,13,23H,11-12H2,1-2H3,(H,30,34). The molecule has 3 aromatic heterocycles. The Kier molecular flexibility index (Phi) is 5.48. The molecule has 0 radical (unpaired) electrons. The van der Waals surface area contributed by atoms with Crippen LogP contribution in [-0.4, -0.2) is 35.0 Å². The summed E-state index contributed by atoms with van der Waals surface area (Å²) in [5.41, 5.74) is 4.65. The molecule has 8 nitrogen and oxygen atoms in total. The lowest BCUT2D eigenvalue weighted by molar-refractivity contribution is -0.116. The predicted molar refractivity (Wildman–Crippen MR) is 124 cm³/mol. The maximum absolute atomic E-state index is 13.7. The van der Waals surface area contributed by atoms with Crippen LogP contribution < -0.4 is 5.32 Å². The zero-order valence-corrected chi connectivity index (χ0v) is 18.5. The molecule has 1 N–H and O–H groups in total. The Morgan fingerprint density at radius 1 is 1.06 bits per heavy atom. The monoisotopic (exact) mass is 461 g/mol. The Morgan fingerprint density at radius 2 is 1.82 bits per heavy atom. The number of hydrogen-bond donors (Lipinski definition) is 1. The Bertz CT molecular complexity index is 1510. The van der Waals surface area contributed by atoms with Crippen LogP contribution in [0, 0.1) is 13.8 Å². The van der Waals surface area contributed by atoms with Crippen molar-refractivity contribution >= 4 is 28.4 Å². The molecule has 5 aromatic rings. The van der Waals surface area contributed by atoms with Gasteiger partial charge < -0.3 is 5.32 Å². The number of hydrogen-bond acceptors (Lipinski definition) is 5. The lowest BCUT2D eigenvalue weighted by Crippen LogP contribution is -2.14. The van der Waals surface area contributed by atoms with E-state index in [-0.39, 0.29) is 18.2 Å².